The van der Waals surface area contributed by atoms with Crippen LogP contribution in [0.25, 0.3) is 0 Å². The van der Waals surface area contributed by atoms with Gasteiger partial charge in [-0.25, -0.2) is 9.97 Å². The highest BCUT2D eigenvalue weighted by atomic mass is 15.1. The predicted octanol–water partition coefficient (Wildman–Crippen LogP) is 1.74. The third kappa shape index (κ3) is 5.66. The van der Waals surface area contributed by atoms with Gasteiger partial charge in [-0.05, 0) is 59.4 Å². The lowest BCUT2D eigenvalue weighted by Gasteiger charge is -2.13. The fourth-order valence-corrected chi connectivity index (χ4v) is 2.17. The van der Waals surface area contributed by atoms with Crippen molar-refractivity contribution in [2.75, 3.05) is 33.7 Å². The summed E-state index contributed by atoms with van der Waals surface area (Å²) in [7, 11) is 4.16. The Morgan fingerprint density at radius 3 is 2.21 bits per heavy atom. The van der Waals surface area contributed by atoms with E-state index in [1.165, 1.54) is 5.56 Å². The van der Waals surface area contributed by atoms with Crippen molar-refractivity contribution < 1.29 is 0 Å². The van der Waals surface area contributed by atoms with Gasteiger partial charge in [0.2, 0.25) is 0 Å². The number of aryl methyl sites for hydroxylation is 2. The standard InChI is InChI=1S/C15H28N4/c1-6-16-10-7-8-14-12(2)17-15(18-13(14)3)9-11-19(4)5/h16H,6-11H2,1-5H3. The number of nitrogens with one attached hydrogen (secondary N) is 1. The van der Waals surface area contributed by atoms with E-state index in [0.29, 0.717) is 0 Å². The first-order valence-electron chi connectivity index (χ1n) is 7.23. The summed E-state index contributed by atoms with van der Waals surface area (Å²) in [5.41, 5.74) is 3.63. The van der Waals surface area contributed by atoms with Crippen LogP contribution in [-0.4, -0.2) is 48.6 Å². The molecule has 1 N–H and O–H groups in total. The van der Waals surface area contributed by atoms with Gasteiger partial charge in [0.1, 0.15) is 5.82 Å². The minimum Gasteiger partial charge on any atom is -0.317 e. The molecular formula is C15H28N4. The first kappa shape index (κ1) is 16.1. The van der Waals surface area contributed by atoms with E-state index in [9.17, 15) is 0 Å². The molecule has 1 rings (SSSR count). The summed E-state index contributed by atoms with van der Waals surface area (Å²) in [6.45, 7) is 9.46. The van der Waals surface area contributed by atoms with Crippen LogP contribution in [0.15, 0.2) is 0 Å². The van der Waals surface area contributed by atoms with E-state index < -0.39 is 0 Å². The fourth-order valence-electron chi connectivity index (χ4n) is 2.17. The smallest absolute Gasteiger partial charge is 0.130 e. The average molecular weight is 264 g/mol. The molecule has 1 aromatic heterocycles. The lowest BCUT2D eigenvalue weighted by molar-refractivity contribution is 0.409. The normalized spacial score (nSPS) is 11.3. The number of rotatable bonds is 8. The molecule has 0 amide bonds. The van der Waals surface area contributed by atoms with Gasteiger partial charge < -0.3 is 10.2 Å². The Morgan fingerprint density at radius 1 is 1.05 bits per heavy atom. The molecular weight excluding hydrogens is 236 g/mol. The van der Waals surface area contributed by atoms with Gasteiger partial charge in [0.05, 0.1) is 0 Å². The van der Waals surface area contributed by atoms with Crippen molar-refractivity contribution in [1.29, 1.82) is 0 Å². The topological polar surface area (TPSA) is 41.1 Å². The molecule has 1 aromatic rings. The molecule has 0 spiro atoms. The molecule has 0 atom stereocenters. The largest absolute Gasteiger partial charge is 0.317 e. The maximum Gasteiger partial charge on any atom is 0.130 e. The Labute approximate surface area is 117 Å². The van der Waals surface area contributed by atoms with Gasteiger partial charge in [0.25, 0.3) is 0 Å². The zero-order chi connectivity index (χ0) is 14.3. The number of aromatic nitrogens is 2. The van der Waals surface area contributed by atoms with E-state index in [0.717, 1.165) is 56.1 Å². The molecule has 0 saturated heterocycles. The summed E-state index contributed by atoms with van der Waals surface area (Å²) in [5, 5.41) is 3.36. The van der Waals surface area contributed by atoms with E-state index in [4.69, 9.17) is 0 Å². The van der Waals surface area contributed by atoms with Crippen molar-refractivity contribution in [3.63, 3.8) is 0 Å². The van der Waals surface area contributed by atoms with E-state index in [1.807, 2.05) is 0 Å². The summed E-state index contributed by atoms with van der Waals surface area (Å²) in [5.74, 6) is 0.971. The number of likely N-dealkylation sites (N-methyl/N-ethyl adjacent to an activating group) is 1. The van der Waals surface area contributed by atoms with Crippen LogP contribution >= 0.6 is 0 Å². The molecule has 4 heteroatoms. The van der Waals surface area contributed by atoms with Gasteiger partial charge in [-0.2, -0.15) is 0 Å². The van der Waals surface area contributed by atoms with Gasteiger partial charge in [-0.1, -0.05) is 6.92 Å². The Morgan fingerprint density at radius 2 is 1.68 bits per heavy atom. The first-order valence-corrected chi connectivity index (χ1v) is 7.23. The second kappa shape index (κ2) is 8.23. The molecule has 4 nitrogen and oxygen atoms in total. The Kier molecular flexibility index (Phi) is 6.95. The van der Waals surface area contributed by atoms with Crippen LogP contribution in [0.5, 0.6) is 0 Å². The Hall–Kier alpha value is -1.00. The van der Waals surface area contributed by atoms with E-state index >= 15 is 0 Å². The zero-order valence-electron chi connectivity index (χ0n) is 13.1. The van der Waals surface area contributed by atoms with Gasteiger partial charge >= 0.3 is 0 Å². The second-order valence-electron chi connectivity index (χ2n) is 5.30. The van der Waals surface area contributed by atoms with Crippen molar-refractivity contribution in [3.8, 4) is 0 Å². The summed E-state index contributed by atoms with van der Waals surface area (Å²) in [6.07, 6.45) is 3.14. The predicted molar refractivity (Wildman–Crippen MR) is 80.6 cm³/mol. The summed E-state index contributed by atoms with van der Waals surface area (Å²) >= 11 is 0. The van der Waals surface area contributed by atoms with E-state index in [-0.39, 0.29) is 0 Å². The van der Waals surface area contributed by atoms with E-state index in [2.05, 4.69) is 55.1 Å². The minimum atomic E-state index is 0.923. The number of hydrogen-bond donors (Lipinski definition) is 1. The van der Waals surface area contributed by atoms with Crippen molar-refractivity contribution in [2.24, 2.45) is 0 Å². The quantitative estimate of drug-likeness (QED) is 0.726. The van der Waals surface area contributed by atoms with Gasteiger partial charge in [-0.3, -0.25) is 0 Å². The van der Waals surface area contributed by atoms with E-state index in [1.54, 1.807) is 0 Å². The van der Waals surface area contributed by atoms with Crippen molar-refractivity contribution in [2.45, 2.75) is 40.0 Å². The molecule has 19 heavy (non-hydrogen) atoms. The molecule has 0 aliphatic rings. The molecule has 0 aliphatic carbocycles. The Bertz CT molecular complexity index is 365. The average Bonchev–Trinajstić information content (AvgIpc) is 2.34. The van der Waals surface area contributed by atoms with Crippen LogP contribution in [0.3, 0.4) is 0 Å². The summed E-state index contributed by atoms with van der Waals surface area (Å²) in [6, 6.07) is 0. The molecule has 0 unspecified atom stereocenters. The zero-order valence-corrected chi connectivity index (χ0v) is 13.1. The maximum atomic E-state index is 4.65. The molecule has 0 bridgehead atoms. The second-order valence-corrected chi connectivity index (χ2v) is 5.30. The van der Waals surface area contributed by atoms with Crippen LogP contribution in [0, 0.1) is 13.8 Å². The third-order valence-electron chi connectivity index (χ3n) is 3.28. The lowest BCUT2D eigenvalue weighted by atomic mass is 10.1. The highest BCUT2D eigenvalue weighted by Gasteiger charge is 2.08. The molecule has 0 aromatic carbocycles. The maximum absolute atomic E-state index is 4.65. The van der Waals surface area contributed by atoms with Crippen LogP contribution in [0.4, 0.5) is 0 Å². The van der Waals surface area contributed by atoms with Gasteiger partial charge in [-0.15, -0.1) is 0 Å². The summed E-state index contributed by atoms with van der Waals surface area (Å²) < 4.78 is 0. The fraction of sp³-hybridized carbons (Fsp3) is 0.733. The molecule has 0 saturated carbocycles. The van der Waals surface area contributed by atoms with Crippen molar-refractivity contribution in [1.82, 2.24) is 20.2 Å². The molecule has 108 valence electrons. The van der Waals surface area contributed by atoms with Gasteiger partial charge in [0.15, 0.2) is 0 Å². The molecule has 0 radical (unpaired) electrons. The third-order valence-corrected chi connectivity index (χ3v) is 3.28. The van der Waals surface area contributed by atoms with Crippen LogP contribution in [0.1, 0.15) is 36.1 Å². The monoisotopic (exact) mass is 264 g/mol. The van der Waals surface area contributed by atoms with Crippen LogP contribution < -0.4 is 5.32 Å². The summed E-state index contributed by atoms with van der Waals surface area (Å²) in [4.78, 5) is 11.5. The number of hydrogen-bond acceptors (Lipinski definition) is 4. The Balaban J connectivity index is 2.63. The first-order chi connectivity index (χ1) is 9.04. The molecule has 0 aliphatic heterocycles. The minimum absolute atomic E-state index is 0.923. The van der Waals surface area contributed by atoms with Crippen molar-refractivity contribution in [3.05, 3.63) is 22.8 Å². The highest BCUT2D eigenvalue weighted by Crippen LogP contribution is 2.12. The molecule has 0 fully saturated rings. The molecule has 1 heterocycles. The lowest BCUT2D eigenvalue weighted by Crippen LogP contribution is -2.18. The van der Waals surface area contributed by atoms with Gasteiger partial charge in [0, 0.05) is 24.4 Å². The number of nitrogens with zero attached hydrogens (tertiary/aromatic N) is 3. The van der Waals surface area contributed by atoms with Crippen LogP contribution in [0.2, 0.25) is 0 Å². The van der Waals surface area contributed by atoms with Crippen molar-refractivity contribution >= 4 is 0 Å². The van der Waals surface area contributed by atoms with Crippen LogP contribution in [-0.2, 0) is 12.8 Å². The highest BCUT2D eigenvalue weighted by molar-refractivity contribution is 5.24. The SMILES string of the molecule is CCNCCCc1c(C)nc(CCN(C)C)nc1C.